The van der Waals surface area contributed by atoms with Gasteiger partial charge < -0.3 is 14.8 Å². The van der Waals surface area contributed by atoms with E-state index in [1.807, 2.05) is 60.7 Å². The first kappa shape index (κ1) is 21.9. The van der Waals surface area contributed by atoms with E-state index < -0.39 is 11.5 Å². The molecule has 1 amide bonds. The van der Waals surface area contributed by atoms with Gasteiger partial charge in [0.2, 0.25) is 5.91 Å². The van der Waals surface area contributed by atoms with Crippen molar-refractivity contribution in [3.63, 3.8) is 0 Å². The fourth-order valence-electron chi connectivity index (χ4n) is 6.65. The highest BCUT2D eigenvalue weighted by atomic mass is 16.5. The fourth-order valence-corrected chi connectivity index (χ4v) is 6.65. The van der Waals surface area contributed by atoms with Crippen molar-refractivity contribution in [1.82, 2.24) is 4.90 Å². The monoisotopic (exact) mass is 468 g/mol. The summed E-state index contributed by atoms with van der Waals surface area (Å²) in [6.07, 6.45) is 1.94. The topological polar surface area (TPSA) is 67.9 Å². The van der Waals surface area contributed by atoms with Crippen molar-refractivity contribution in [3.05, 3.63) is 89.5 Å². The number of para-hydroxylation sites is 1. The minimum atomic E-state index is -1.04. The van der Waals surface area contributed by atoms with Crippen LogP contribution in [-0.4, -0.2) is 43.4 Å². The average Bonchev–Trinajstić information content (AvgIpc) is 3.57. The van der Waals surface area contributed by atoms with Crippen LogP contribution < -0.4 is 14.8 Å². The minimum absolute atomic E-state index is 0.0188. The predicted octanol–water partition coefficient (Wildman–Crippen LogP) is 4.61. The molecule has 0 aromatic heterocycles. The number of fused-ring (bicyclic) bond motifs is 4. The molecule has 35 heavy (non-hydrogen) atoms. The van der Waals surface area contributed by atoms with E-state index in [-0.39, 0.29) is 23.7 Å². The molecule has 6 heteroatoms. The van der Waals surface area contributed by atoms with Gasteiger partial charge in [0.15, 0.2) is 5.78 Å². The number of methoxy groups -OCH3 is 2. The van der Waals surface area contributed by atoms with Gasteiger partial charge in [-0.15, -0.1) is 0 Å². The number of ketones is 1. The third-order valence-corrected chi connectivity index (χ3v) is 8.07. The van der Waals surface area contributed by atoms with Gasteiger partial charge in [-0.1, -0.05) is 30.3 Å². The quantitative estimate of drug-likeness (QED) is 0.554. The second-order valence-electron chi connectivity index (χ2n) is 9.54. The maximum Gasteiger partial charge on any atom is 0.250 e. The molecule has 6 nitrogen and oxygen atoms in total. The molecule has 0 bridgehead atoms. The molecule has 3 aromatic rings. The molecule has 6 rings (SSSR count). The molecule has 2 fully saturated rings. The molecule has 0 aliphatic carbocycles. The van der Waals surface area contributed by atoms with E-state index in [0.717, 1.165) is 42.0 Å². The maximum atomic E-state index is 14.4. The molecule has 1 N–H and O–H groups in total. The van der Waals surface area contributed by atoms with Gasteiger partial charge in [0.25, 0.3) is 0 Å². The molecule has 3 aliphatic heterocycles. The molecule has 0 saturated carbocycles. The predicted molar refractivity (Wildman–Crippen MR) is 133 cm³/mol. The SMILES string of the molecule is COc1ccc(C(=O)C2C(c3ccc(OC)cc3)C3CCCN3C23C(=O)Nc2ccccc23)cc1. The maximum absolute atomic E-state index is 14.4. The van der Waals surface area contributed by atoms with Crippen LogP contribution in [0.25, 0.3) is 0 Å². The van der Waals surface area contributed by atoms with E-state index in [0.29, 0.717) is 11.3 Å². The van der Waals surface area contributed by atoms with Crippen molar-refractivity contribution < 1.29 is 19.1 Å². The number of anilines is 1. The Balaban J connectivity index is 1.57. The van der Waals surface area contributed by atoms with E-state index in [9.17, 15) is 9.59 Å². The van der Waals surface area contributed by atoms with Crippen molar-refractivity contribution >= 4 is 17.4 Å². The lowest BCUT2D eigenvalue weighted by molar-refractivity contribution is -0.127. The van der Waals surface area contributed by atoms with Gasteiger partial charge in [-0.25, -0.2) is 0 Å². The van der Waals surface area contributed by atoms with Gasteiger partial charge in [0.05, 0.1) is 20.1 Å². The summed E-state index contributed by atoms with van der Waals surface area (Å²) in [5.74, 6) is 0.641. The third-order valence-electron chi connectivity index (χ3n) is 8.07. The summed E-state index contributed by atoms with van der Waals surface area (Å²) >= 11 is 0. The van der Waals surface area contributed by atoms with Crippen molar-refractivity contribution in [2.75, 3.05) is 26.1 Å². The number of ether oxygens (including phenoxy) is 2. The van der Waals surface area contributed by atoms with Crippen LogP contribution in [0.5, 0.6) is 11.5 Å². The van der Waals surface area contributed by atoms with E-state index in [1.54, 1.807) is 26.4 Å². The van der Waals surface area contributed by atoms with E-state index >= 15 is 0 Å². The number of hydrogen-bond donors (Lipinski definition) is 1. The van der Waals surface area contributed by atoms with Crippen LogP contribution in [0.4, 0.5) is 5.69 Å². The first-order valence-corrected chi connectivity index (χ1v) is 12.1. The van der Waals surface area contributed by atoms with Crippen LogP contribution in [0.2, 0.25) is 0 Å². The first-order chi connectivity index (χ1) is 17.1. The van der Waals surface area contributed by atoms with Crippen LogP contribution in [0, 0.1) is 5.92 Å². The third kappa shape index (κ3) is 3.06. The van der Waals surface area contributed by atoms with E-state index in [2.05, 4.69) is 10.2 Å². The van der Waals surface area contributed by atoms with Crippen molar-refractivity contribution in [2.24, 2.45) is 5.92 Å². The zero-order valence-corrected chi connectivity index (χ0v) is 19.9. The van der Waals surface area contributed by atoms with Crippen molar-refractivity contribution in [2.45, 2.75) is 30.3 Å². The van der Waals surface area contributed by atoms with Crippen LogP contribution in [0.3, 0.4) is 0 Å². The van der Waals surface area contributed by atoms with Crippen molar-refractivity contribution in [1.29, 1.82) is 0 Å². The Morgan fingerprint density at radius 3 is 2.29 bits per heavy atom. The number of Topliss-reactive ketones (excluding diaryl/α,β-unsaturated/α-hetero) is 1. The summed E-state index contributed by atoms with van der Waals surface area (Å²) < 4.78 is 10.7. The number of amides is 1. The number of nitrogens with zero attached hydrogens (tertiary/aromatic N) is 1. The number of carbonyl (C=O) groups excluding carboxylic acids is 2. The zero-order valence-electron chi connectivity index (χ0n) is 19.9. The Labute approximate surface area is 204 Å². The minimum Gasteiger partial charge on any atom is -0.497 e. The standard InChI is InChI=1S/C29H28N2O4/c1-34-20-13-9-18(10-14-20)25-24-8-5-17-31(24)29(22-6-3-4-7-23(22)30-28(29)33)26(25)27(32)19-11-15-21(35-2)16-12-19/h3-4,6-7,9-16,24-26H,5,8,17H2,1-2H3,(H,30,33). The molecule has 178 valence electrons. The lowest BCUT2D eigenvalue weighted by Gasteiger charge is -2.36. The van der Waals surface area contributed by atoms with E-state index in [4.69, 9.17) is 9.47 Å². The highest BCUT2D eigenvalue weighted by Crippen LogP contribution is 2.61. The number of carbonyl (C=O) groups is 2. The molecule has 1 spiro atoms. The van der Waals surface area contributed by atoms with Gasteiger partial charge in [-0.2, -0.15) is 0 Å². The largest absolute Gasteiger partial charge is 0.497 e. The zero-order chi connectivity index (χ0) is 24.2. The summed E-state index contributed by atoms with van der Waals surface area (Å²) in [5.41, 5.74) is 2.31. The molecule has 4 atom stereocenters. The highest BCUT2D eigenvalue weighted by Gasteiger charge is 2.69. The van der Waals surface area contributed by atoms with Crippen LogP contribution in [-0.2, 0) is 10.3 Å². The molecule has 4 unspecified atom stereocenters. The van der Waals surface area contributed by atoms with Gasteiger partial charge >= 0.3 is 0 Å². The van der Waals surface area contributed by atoms with E-state index in [1.165, 1.54) is 0 Å². The Morgan fingerprint density at radius 1 is 0.943 bits per heavy atom. The molecule has 0 radical (unpaired) electrons. The normalized spacial score (nSPS) is 26.9. The first-order valence-electron chi connectivity index (χ1n) is 12.1. The van der Waals surface area contributed by atoms with Crippen LogP contribution >= 0.6 is 0 Å². The Bertz CT molecular complexity index is 1290. The number of benzene rings is 3. The fraction of sp³-hybridized carbons (Fsp3) is 0.310. The van der Waals surface area contributed by atoms with Crippen LogP contribution in [0.15, 0.2) is 72.8 Å². The van der Waals surface area contributed by atoms with Crippen LogP contribution in [0.1, 0.15) is 40.2 Å². The highest BCUT2D eigenvalue weighted by molar-refractivity contribution is 6.12. The lowest BCUT2D eigenvalue weighted by Crippen LogP contribution is -2.52. The Hall–Kier alpha value is -3.64. The van der Waals surface area contributed by atoms with Gasteiger partial charge in [0, 0.05) is 28.8 Å². The Kier molecular flexibility index (Phi) is 5.15. The molecular weight excluding hydrogens is 440 g/mol. The summed E-state index contributed by atoms with van der Waals surface area (Å²) in [6.45, 7) is 0.783. The number of rotatable bonds is 5. The Morgan fingerprint density at radius 2 is 1.60 bits per heavy atom. The molecule has 3 aliphatic rings. The smallest absolute Gasteiger partial charge is 0.250 e. The van der Waals surface area contributed by atoms with Gasteiger partial charge in [-0.3, -0.25) is 14.5 Å². The summed E-state index contributed by atoms with van der Waals surface area (Å²) in [5, 5.41) is 3.11. The van der Waals surface area contributed by atoms with Gasteiger partial charge in [0.1, 0.15) is 17.0 Å². The molecular formula is C29H28N2O4. The second-order valence-corrected chi connectivity index (χ2v) is 9.54. The summed E-state index contributed by atoms with van der Waals surface area (Å²) in [4.78, 5) is 30.7. The molecule has 3 aromatic carbocycles. The lowest BCUT2D eigenvalue weighted by atomic mass is 9.69. The molecule has 2 saturated heterocycles. The van der Waals surface area contributed by atoms with Gasteiger partial charge in [-0.05, 0) is 67.4 Å². The number of nitrogens with one attached hydrogen (secondary N) is 1. The molecule has 3 heterocycles. The average molecular weight is 469 g/mol. The summed E-state index contributed by atoms with van der Waals surface area (Å²) in [6, 6.07) is 23.1. The summed E-state index contributed by atoms with van der Waals surface area (Å²) in [7, 11) is 3.25. The number of hydrogen-bond acceptors (Lipinski definition) is 5. The van der Waals surface area contributed by atoms with Crippen molar-refractivity contribution in [3.8, 4) is 11.5 Å². The second kappa shape index (κ2) is 8.24.